The van der Waals surface area contributed by atoms with Crippen molar-refractivity contribution in [3.8, 4) is 0 Å². The Hall–Kier alpha value is -1.44. The van der Waals surface area contributed by atoms with Gasteiger partial charge >= 0.3 is 0 Å². The predicted octanol–water partition coefficient (Wildman–Crippen LogP) is 0.583. The number of anilines is 1. The topological polar surface area (TPSA) is 78.5 Å². The third kappa shape index (κ3) is 4.62. The normalized spacial score (nSPS) is 11.6. The van der Waals surface area contributed by atoms with Gasteiger partial charge < -0.3 is 5.32 Å². The first-order valence-corrected chi connectivity index (χ1v) is 7.35. The van der Waals surface area contributed by atoms with E-state index in [4.69, 9.17) is 0 Å². The minimum Gasteiger partial charge on any atom is -0.325 e. The standard InChI is InChI=1S/C12H19N3O3S/c1-4-10-7-5-6-8-11(10)14-12(16)9-13-19(17,18)15(2)3/h5-8,13H,4,9H2,1-3H3,(H,14,16). The molecule has 0 heterocycles. The first-order chi connectivity index (χ1) is 8.86. The van der Waals surface area contributed by atoms with Crippen LogP contribution in [0.2, 0.25) is 0 Å². The summed E-state index contributed by atoms with van der Waals surface area (Å²) in [7, 11) is -0.788. The van der Waals surface area contributed by atoms with Crippen LogP contribution in [0.3, 0.4) is 0 Å². The van der Waals surface area contributed by atoms with Gasteiger partial charge in [0.1, 0.15) is 0 Å². The molecule has 7 heteroatoms. The third-order valence-electron chi connectivity index (χ3n) is 2.57. The molecule has 0 spiro atoms. The largest absolute Gasteiger partial charge is 0.325 e. The molecule has 1 rings (SSSR count). The minimum absolute atomic E-state index is 0.293. The zero-order valence-corrected chi connectivity index (χ0v) is 12.1. The Labute approximate surface area is 114 Å². The first kappa shape index (κ1) is 15.6. The van der Waals surface area contributed by atoms with Crippen molar-refractivity contribution in [3.63, 3.8) is 0 Å². The molecule has 0 aliphatic heterocycles. The summed E-state index contributed by atoms with van der Waals surface area (Å²) in [6.07, 6.45) is 0.792. The fourth-order valence-electron chi connectivity index (χ4n) is 1.43. The van der Waals surface area contributed by atoms with E-state index < -0.39 is 16.1 Å². The van der Waals surface area contributed by atoms with Crippen molar-refractivity contribution in [2.75, 3.05) is 26.0 Å². The van der Waals surface area contributed by atoms with Crippen molar-refractivity contribution in [2.24, 2.45) is 0 Å². The van der Waals surface area contributed by atoms with Gasteiger partial charge in [-0.25, -0.2) is 0 Å². The fourth-order valence-corrected chi connectivity index (χ4v) is 2.00. The van der Waals surface area contributed by atoms with Gasteiger partial charge in [0.15, 0.2) is 0 Å². The molecule has 0 aliphatic rings. The van der Waals surface area contributed by atoms with Crippen molar-refractivity contribution in [1.82, 2.24) is 9.03 Å². The molecule has 0 saturated carbocycles. The molecule has 0 aliphatic carbocycles. The Morgan fingerprint density at radius 2 is 1.89 bits per heavy atom. The van der Waals surface area contributed by atoms with E-state index in [1.165, 1.54) is 14.1 Å². The number of nitrogens with zero attached hydrogens (tertiary/aromatic N) is 1. The van der Waals surface area contributed by atoms with Crippen LogP contribution in [0.5, 0.6) is 0 Å². The molecule has 0 atom stereocenters. The van der Waals surface area contributed by atoms with Gasteiger partial charge in [0, 0.05) is 19.8 Å². The van der Waals surface area contributed by atoms with Gasteiger partial charge in [-0.15, -0.1) is 0 Å². The van der Waals surface area contributed by atoms with Crippen LogP contribution in [0.1, 0.15) is 12.5 Å². The van der Waals surface area contributed by atoms with Gasteiger partial charge in [0.25, 0.3) is 10.2 Å². The minimum atomic E-state index is -3.58. The van der Waals surface area contributed by atoms with Gasteiger partial charge in [0.05, 0.1) is 6.54 Å². The van der Waals surface area contributed by atoms with Crippen LogP contribution >= 0.6 is 0 Å². The van der Waals surface area contributed by atoms with Crippen LogP contribution in [0.25, 0.3) is 0 Å². The van der Waals surface area contributed by atoms with Crippen LogP contribution in [0.15, 0.2) is 24.3 Å². The molecule has 0 unspecified atom stereocenters. The molecule has 106 valence electrons. The lowest BCUT2D eigenvalue weighted by molar-refractivity contribution is -0.115. The van der Waals surface area contributed by atoms with E-state index in [0.717, 1.165) is 16.3 Å². The van der Waals surface area contributed by atoms with Crippen molar-refractivity contribution >= 4 is 21.8 Å². The Morgan fingerprint density at radius 1 is 1.26 bits per heavy atom. The zero-order valence-electron chi connectivity index (χ0n) is 11.3. The second kappa shape index (κ2) is 6.65. The Bertz CT molecular complexity index is 541. The number of aryl methyl sites for hydroxylation is 1. The molecule has 1 aromatic carbocycles. The molecule has 0 saturated heterocycles. The van der Waals surface area contributed by atoms with E-state index in [1.54, 1.807) is 6.07 Å². The summed E-state index contributed by atoms with van der Waals surface area (Å²) in [5.74, 6) is -0.397. The summed E-state index contributed by atoms with van der Waals surface area (Å²) < 4.78 is 26.1. The predicted molar refractivity (Wildman–Crippen MR) is 75.1 cm³/mol. The third-order valence-corrected chi connectivity index (χ3v) is 4.04. The van der Waals surface area contributed by atoms with Gasteiger partial charge in [-0.2, -0.15) is 17.4 Å². The smallest absolute Gasteiger partial charge is 0.279 e. The van der Waals surface area contributed by atoms with E-state index in [2.05, 4.69) is 10.0 Å². The Balaban J connectivity index is 2.62. The number of para-hydroxylation sites is 1. The molecule has 0 fully saturated rings. The Morgan fingerprint density at radius 3 is 2.47 bits per heavy atom. The average Bonchev–Trinajstić information content (AvgIpc) is 2.37. The van der Waals surface area contributed by atoms with Crippen LogP contribution < -0.4 is 10.0 Å². The molecule has 1 aromatic rings. The molecule has 0 radical (unpaired) electrons. The number of rotatable bonds is 6. The van der Waals surface area contributed by atoms with E-state index in [0.29, 0.717) is 5.69 Å². The molecule has 0 bridgehead atoms. The number of carbonyl (C=O) groups excluding carboxylic acids is 1. The number of carbonyl (C=O) groups is 1. The first-order valence-electron chi connectivity index (χ1n) is 5.91. The van der Waals surface area contributed by atoms with Crippen molar-refractivity contribution in [1.29, 1.82) is 0 Å². The molecule has 19 heavy (non-hydrogen) atoms. The Kier molecular flexibility index (Phi) is 5.46. The van der Waals surface area contributed by atoms with Crippen molar-refractivity contribution in [2.45, 2.75) is 13.3 Å². The lowest BCUT2D eigenvalue weighted by Crippen LogP contribution is -2.40. The van der Waals surface area contributed by atoms with Crippen molar-refractivity contribution < 1.29 is 13.2 Å². The highest BCUT2D eigenvalue weighted by atomic mass is 32.2. The summed E-state index contributed by atoms with van der Waals surface area (Å²) in [5, 5.41) is 2.69. The second-order valence-corrected chi connectivity index (χ2v) is 6.14. The number of nitrogens with one attached hydrogen (secondary N) is 2. The van der Waals surface area contributed by atoms with Crippen LogP contribution in [-0.2, 0) is 21.4 Å². The SMILES string of the molecule is CCc1ccccc1NC(=O)CNS(=O)(=O)N(C)C. The van der Waals surface area contributed by atoms with E-state index in [-0.39, 0.29) is 6.54 Å². The average molecular weight is 285 g/mol. The monoisotopic (exact) mass is 285 g/mol. The maximum absolute atomic E-state index is 11.7. The van der Waals surface area contributed by atoms with Gasteiger partial charge in [0.2, 0.25) is 5.91 Å². The number of hydrogen-bond donors (Lipinski definition) is 2. The van der Waals surface area contributed by atoms with Crippen molar-refractivity contribution in [3.05, 3.63) is 29.8 Å². The maximum atomic E-state index is 11.7. The summed E-state index contributed by atoms with van der Waals surface area (Å²) in [5.41, 5.74) is 1.71. The highest BCUT2D eigenvalue weighted by Gasteiger charge is 2.14. The van der Waals surface area contributed by atoms with Gasteiger partial charge in [-0.05, 0) is 18.1 Å². The van der Waals surface area contributed by atoms with Crippen LogP contribution in [0.4, 0.5) is 5.69 Å². The van der Waals surface area contributed by atoms with E-state index >= 15 is 0 Å². The maximum Gasteiger partial charge on any atom is 0.279 e. The molecule has 2 N–H and O–H groups in total. The number of amides is 1. The summed E-state index contributed by atoms with van der Waals surface area (Å²) >= 11 is 0. The lowest BCUT2D eigenvalue weighted by Gasteiger charge is -2.13. The molecule has 1 amide bonds. The number of benzene rings is 1. The van der Waals surface area contributed by atoms with E-state index in [1.807, 2.05) is 25.1 Å². The molecule has 6 nitrogen and oxygen atoms in total. The summed E-state index contributed by atoms with van der Waals surface area (Å²) in [6.45, 7) is 1.69. The fraction of sp³-hybridized carbons (Fsp3) is 0.417. The van der Waals surface area contributed by atoms with E-state index in [9.17, 15) is 13.2 Å². The highest BCUT2D eigenvalue weighted by Crippen LogP contribution is 2.14. The molecular formula is C12H19N3O3S. The summed E-state index contributed by atoms with van der Waals surface area (Å²) in [6, 6.07) is 7.42. The zero-order chi connectivity index (χ0) is 14.5. The second-order valence-electron chi connectivity index (χ2n) is 4.17. The highest BCUT2D eigenvalue weighted by molar-refractivity contribution is 7.87. The van der Waals surface area contributed by atoms with Crippen LogP contribution in [-0.4, -0.2) is 39.3 Å². The van der Waals surface area contributed by atoms with Crippen LogP contribution in [0, 0.1) is 0 Å². The quantitative estimate of drug-likeness (QED) is 0.802. The number of hydrogen-bond acceptors (Lipinski definition) is 3. The van der Waals surface area contributed by atoms with Gasteiger partial charge in [-0.3, -0.25) is 4.79 Å². The van der Waals surface area contributed by atoms with Gasteiger partial charge in [-0.1, -0.05) is 25.1 Å². The summed E-state index contributed by atoms with van der Waals surface area (Å²) in [4.78, 5) is 11.7. The lowest BCUT2D eigenvalue weighted by atomic mass is 10.1. The molecular weight excluding hydrogens is 266 g/mol. The molecule has 0 aromatic heterocycles.